The molecule has 29 heavy (non-hydrogen) atoms. The van der Waals surface area contributed by atoms with Gasteiger partial charge in [-0.1, -0.05) is 57.2 Å². The summed E-state index contributed by atoms with van der Waals surface area (Å²) in [7, 11) is 0. The molecule has 1 aliphatic heterocycles. The monoisotopic (exact) mass is 392 g/mol. The molecule has 4 nitrogen and oxygen atoms in total. The number of para-hydroxylation sites is 2. The van der Waals surface area contributed by atoms with Crippen LogP contribution in [0.25, 0.3) is 6.08 Å². The van der Waals surface area contributed by atoms with Crippen molar-refractivity contribution in [3.8, 4) is 5.75 Å². The van der Waals surface area contributed by atoms with E-state index in [0.29, 0.717) is 19.7 Å². The van der Waals surface area contributed by atoms with Crippen molar-refractivity contribution in [3.63, 3.8) is 0 Å². The Morgan fingerprint density at radius 2 is 1.66 bits per heavy atom. The number of rotatable bonds is 5. The van der Waals surface area contributed by atoms with Crippen molar-refractivity contribution in [3.05, 3.63) is 65.7 Å². The first-order chi connectivity index (χ1) is 13.9. The average molecular weight is 393 g/mol. The number of hydrogen-bond acceptors (Lipinski definition) is 3. The number of carbonyl (C=O) groups is 1. The van der Waals surface area contributed by atoms with Crippen molar-refractivity contribution < 1.29 is 9.53 Å². The molecule has 0 aromatic heterocycles. The van der Waals surface area contributed by atoms with Gasteiger partial charge in [0.25, 0.3) is 0 Å². The van der Waals surface area contributed by atoms with E-state index >= 15 is 0 Å². The average Bonchev–Trinajstić information content (AvgIpc) is 2.72. The Balaban J connectivity index is 1.57. The predicted octanol–water partition coefficient (Wildman–Crippen LogP) is 4.74. The van der Waals surface area contributed by atoms with Crippen LogP contribution < -0.4 is 9.64 Å². The van der Waals surface area contributed by atoms with Gasteiger partial charge in [0.2, 0.25) is 5.91 Å². The molecule has 1 amide bonds. The highest BCUT2D eigenvalue weighted by Crippen LogP contribution is 2.29. The molecule has 1 saturated heterocycles. The Morgan fingerprint density at radius 1 is 1.00 bits per heavy atom. The van der Waals surface area contributed by atoms with Gasteiger partial charge < -0.3 is 14.5 Å². The fourth-order valence-electron chi connectivity index (χ4n) is 3.53. The summed E-state index contributed by atoms with van der Waals surface area (Å²) >= 11 is 0. The van der Waals surface area contributed by atoms with Crippen LogP contribution in [-0.4, -0.2) is 43.6 Å². The van der Waals surface area contributed by atoms with Crippen LogP contribution in [0.1, 0.15) is 38.8 Å². The second-order valence-corrected chi connectivity index (χ2v) is 8.42. The van der Waals surface area contributed by atoms with E-state index in [0.717, 1.165) is 30.1 Å². The zero-order valence-electron chi connectivity index (χ0n) is 18.0. The molecular formula is C25H32N2O2. The fourth-order valence-corrected chi connectivity index (χ4v) is 3.53. The third-order valence-electron chi connectivity index (χ3n) is 5.29. The van der Waals surface area contributed by atoms with E-state index in [1.165, 1.54) is 5.56 Å². The third kappa shape index (κ3) is 5.41. The van der Waals surface area contributed by atoms with Crippen LogP contribution in [-0.2, 0) is 10.2 Å². The summed E-state index contributed by atoms with van der Waals surface area (Å²) in [6, 6.07) is 16.5. The van der Waals surface area contributed by atoms with Gasteiger partial charge in [0.15, 0.2) is 0 Å². The number of amides is 1. The molecule has 0 unspecified atom stereocenters. The first-order valence-electron chi connectivity index (χ1n) is 10.4. The molecule has 0 spiro atoms. The quantitative estimate of drug-likeness (QED) is 0.689. The topological polar surface area (TPSA) is 32.8 Å². The minimum absolute atomic E-state index is 0.0719. The molecule has 2 aromatic carbocycles. The molecule has 154 valence electrons. The Bertz CT molecular complexity index is 842. The van der Waals surface area contributed by atoms with Crippen LogP contribution in [0, 0.1) is 0 Å². The van der Waals surface area contributed by atoms with Gasteiger partial charge in [-0.05, 0) is 41.7 Å². The van der Waals surface area contributed by atoms with Crippen molar-refractivity contribution in [1.82, 2.24) is 4.90 Å². The van der Waals surface area contributed by atoms with Gasteiger partial charge in [-0.2, -0.15) is 0 Å². The van der Waals surface area contributed by atoms with Crippen molar-refractivity contribution >= 4 is 17.7 Å². The lowest BCUT2D eigenvalue weighted by Crippen LogP contribution is -2.48. The lowest BCUT2D eigenvalue weighted by Gasteiger charge is -2.36. The summed E-state index contributed by atoms with van der Waals surface area (Å²) in [6.45, 7) is 12.3. The summed E-state index contributed by atoms with van der Waals surface area (Å²) in [5, 5.41) is 0. The molecule has 3 rings (SSSR count). The molecule has 1 aliphatic rings. The number of piperazine rings is 1. The van der Waals surface area contributed by atoms with Crippen molar-refractivity contribution in [2.45, 2.75) is 33.1 Å². The van der Waals surface area contributed by atoms with E-state index in [9.17, 15) is 4.79 Å². The number of ether oxygens (including phenoxy) is 1. The van der Waals surface area contributed by atoms with Crippen molar-refractivity contribution in [1.29, 1.82) is 0 Å². The van der Waals surface area contributed by atoms with Crippen LogP contribution in [0.5, 0.6) is 5.75 Å². The van der Waals surface area contributed by atoms with Gasteiger partial charge in [0, 0.05) is 32.3 Å². The summed E-state index contributed by atoms with van der Waals surface area (Å²) in [5.74, 6) is 0.982. The fraction of sp³-hybridized carbons (Fsp3) is 0.400. The van der Waals surface area contributed by atoms with E-state index in [4.69, 9.17) is 4.74 Å². The van der Waals surface area contributed by atoms with E-state index in [1.807, 2.05) is 36.1 Å². The number of nitrogens with zero attached hydrogens (tertiary/aromatic N) is 2. The molecule has 0 bridgehead atoms. The normalized spacial score (nSPS) is 15.0. The second kappa shape index (κ2) is 9.17. The molecule has 0 saturated carbocycles. The molecule has 0 radical (unpaired) electrons. The highest BCUT2D eigenvalue weighted by molar-refractivity contribution is 5.92. The first-order valence-corrected chi connectivity index (χ1v) is 10.4. The molecule has 0 aliphatic carbocycles. The number of benzene rings is 2. The molecule has 0 N–H and O–H groups in total. The van der Waals surface area contributed by atoms with Crippen LogP contribution in [0.3, 0.4) is 0 Å². The minimum atomic E-state index is 0.0719. The summed E-state index contributed by atoms with van der Waals surface area (Å²) < 4.78 is 5.75. The highest BCUT2D eigenvalue weighted by Gasteiger charge is 2.21. The highest BCUT2D eigenvalue weighted by atomic mass is 16.5. The second-order valence-electron chi connectivity index (χ2n) is 8.42. The standard InChI is InChI=1S/C25H32N2O2/c1-5-29-23-9-7-6-8-22(23)26-16-18-27(19-17-26)24(28)15-12-20-10-13-21(14-11-20)25(2,3)4/h6-15H,5,16-19H2,1-4H3. The smallest absolute Gasteiger partial charge is 0.246 e. The Labute approximate surface area is 174 Å². The molecule has 2 aromatic rings. The minimum Gasteiger partial charge on any atom is -0.492 e. The van der Waals surface area contributed by atoms with Crippen LogP contribution in [0.2, 0.25) is 0 Å². The largest absolute Gasteiger partial charge is 0.492 e. The van der Waals surface area contributed by atoms with Crippen LogP contribution in [0.15, 0.2) is 54.6 Å². The van der Waals surface area contributed by atoms with E-state index in [-0.39, 0.29) is 11.3 Å². The Morgan fingerprint density at radius 3 is 2.28 bits per heavy atom. The zero-order chi connectivity index (χ0) is 20.9. The molecule has 1 fully saturated rings. The maximum atomic E-state index is 12.6. The lowest BCUT2D eigenvalue weighted by atomic mass is 9.87. The summed E-state index contributed by atoms with van der Waals surface area (Å²) in [4.78, 5) is 16.8. The van der Waals surface area contributed by atoms with Crippen LogP contribution in [0.4, 0.5) is 5.69 Å². The van der Waals surface area contributed by atoms with Gasteiger partial charge in [0.1, 0.15) is 5.75 Å². The Kier molecular flexibility index (Phi) is 6.63. The predicted molar refractivity (Wildman–Crippen MR) is 121 cm³/mol. The molecule has 1 heterocycles. The molecular weight excluding hydrogens is 360 g/mol. The van der Waals surface area contributed by atoms with Crippen molar-refractivity contribution in [2.24, 2.45) is 0 Å². The SMILES string of the molecule is CCOc1ccccc1N1CCN(C(=O)C=Cc2ccc(C(C)(C)C)cc2)CC1. The first kappa shape index (κ1) is 21.0. The Hall–Kier alpha value is -2.75. The van der Waals surface area contributed by atoms with E-state index in [1.54, 1.807) is 6.08 Å². The van der Waals surface area contributed by atoms with Crippen molar-refractivity contribution in [2.75, 3.05) is 37.7 Å². The van der Waals surface area contributed by atoms with E-state index in [2.05, 4.69) is 56.0 Å². The lowest BCUT2D eigenvalue weighted by molar-refractivity contribution is -0.126. The van der Waals surface area contributed by atoms with Crippen LogP contribution >= 0.6 is 0 Å². The summed E-state index contributed by atoms with van der Waals surface area (Å²) in [5.41, 5.74) is 3.59. The van der Waals surface area contributed by atoms with Gasteiger partial charge >= 0.3 is 0 Å². The van der Waals surface area contributed by atoms with Gasteiger partial charge in [-0.25, -0.2) is 0 Å². The number of carbonyl (C=O) groups excluding carboxylic acids is 1. The number of anilines is 1. The van der Waals surface area contributed by atoms with E-state index < -0.39 is 0 Å². The maximum absolute atomic E-state index is 12.6. The number of hydrogen-bond donors (Lipinski definition) is 0. The van der Waals surface area contributed by atoms with Gasteiger partial charge in [0.05, 0.1) is 12.3 Å². The summed E-state index contributed by atoms with van der Waals surface area (Å²) in [6.07, 6.45) is 3.60. The van der Waals surface area contributed by atoms with Gasteiger partial charge in [-0.3, -0.25) is 4.79 Å². The molecule has 4 heteroatoms. The zero-order valence-corrected chi connectivity index (χ0v) is 18.0. The third-order valence-corrected chi connectivity index (χ3v) is 5.29. The maximum Gasteiger partial charge on any atom is 0.246 e. The molecule has 0 atom stereocenters. The van der Waals surface area contributed by atoms with Gasteiger partial charge in [-0.15, -0.1) is 0 Å².